The Labute approximate surface area is 104 Å². The fourth-order valence-electron chi connectivity index (χ4n) is 1.72. The number of carboxylic acids is 1. The lowest BCUT2D eigenvalue weighted by Gasteiger charge is -2.06. The van der Waals surface area contributed by atoms with Crippen molar-refractivity contribution in [2.24, 2.45) is 0 Å². The maximum absolute atomic E-state index is 13.2. The summed E-state index contributed by atoms with van der Waals surface area (Å²) in [4.78, 5) is 10.5. The third-order valence-corrected chi connectivity index (χ3v) is 2.50. The number of hydrogen-bond acceptors (Lipinski definition) is 1. The summed E-state index contributed by atoms with van der Waals surface area (Å²) in [6.45, 7) is 0. The van der Waals surface area contributed by atoms with Crippen LogP contribution in [-0.2, 0) is 4.79 Å². The van der Waals surface area contributed by atoms with E-state index in [1.165, 1.54) is 18.2 Å². The number of rotatable bonds is 3. The molecule has 2 aromatic rings. The van der Waals surface area contributed by atoms with Gasteiger partial charge in [0, 0.05) is 6.08 Å². The van der Waals surface area contributed by atoms with E-state index in [1.807, 2.05) is 18.2 Å². The zero-order valence-electron chi connectivity index (χ0n) is 9.51. The summed E-state index contributed by atoms with van der Waals surface area (Å²) >= 11 is 0. The maximum Gasteiger partial charge on any atom is 0.328 e. The lowest BCUT2D eigenvalue weighted by atomic mass is 9.99. The first-order valence-electron chi connectivity index (χ1n) is 5.43. The van der Waals surface area contributed by atoms with Crippen molar-refractivity contribution < 1.29 is 14.3 Å². The number of carbonyl (C=O) groups is 1. The van der Waals surface area contributed by atoms with Crippen molar-refractivity contribution in [3.8, 4) is 11.1 Å². The SMILES string of the molecule is O=C(O)C=Cc1ccccc1-c1cccc(F)c1. The molecular weight excluding hydrogens is 231 g/mol. The number of aliphatic carboxylic acids is 1. The molecule has 0 unspecified atom stereocenters. The molecule has 90 valence electrons. The molecule has 0 amide bonds. The predicted molar refractivity (Wildman–Crippen MR) is 68.5 cm³/mol. The molecule has 0 saturated carbocycles. The van der Waals surface area contributed by atoms with Crippen LogP contribution in [0.4, 0.5) is 4.39 Å². The molecule has 2 rings (SSSR count). The maximum atomic E-state index is 13.2. The number of carboxylic acid groups (broad SMARTS) is 1. The van der Waals surface area contributed by atoms with Gasteiger partial charge in [-0.2, -0.15) is 0 Å². The van der Waals surface area contributed by atoms with Gasteiger partial charge in [-0.15, -0.1) is 0 Å². The number of halogens is 1. The van der Waals surface area contributed by atoms with Gasteiger partial charge in [0.05, 0.1) is 0 Å². The van der Waals surface area contributed by atoms with Crippen LogP contribution in [0.25, 0.3) is 17.2 Å². The Bertz CT molecular complexity index is 603. The summed E-state index contributed by atoms with van der Waals surface area (Å²) in [5.74, 6) is -1.33. The van der Waals surface area contributed by atoms with Gasteiger partial charge in [0.25, 0.3) is 0 Å². The second kappa shape index (κ2) is 5.27. The molecule has 1 N–H and O–H groups in total. The zero-order chi connectivity index (χ0) is 13.0. The van der Waals surface area contributed by atoms with Crippen LogP contribution in [-0.4, -0.2) is 11.1 Å². The molecule has 0 aliphatic carbocycles. The van der Waals surface area contributed by atoms with E-state index in [2.05, 4.69) is 0 Å². The third kappa shape index (κ3) is 2.83. The molecule has 2 aromatic carbocycles. The average molecular weight is 242 g/mol. The largest absolute Gasteiger partial charge is 0.478 e. The molecule has 0 fully saturated rings. The standard InChI is InChI=1S/C15H11FO2/c16-13-6-3-5-12(10-13)14-7-2-1-4-11(14)8-9-15(17)18/h1-10H,(H,17,18). The van der Waals surface area contributed by atoms with Gasteiger partial charge in [-0.05, 0) is 34.9 Å². The Morgan fingerprint density at radius 1 is 1.11 bits per heavy atom. The summed E-state index contributed by atoms with van der Waals surface area (Å²) in [5, 5.41) is 8.63. The monoisotopic (exact) mass is 242 g/mol. The molecule has 18 heavy (non-hydrogen) atoms. The molecule has 0 aromatic heterocycles. The smallest absolute Gasteiger partial charge is 0.328 e. The molecule has 3 heteroatoms. The average Bonchev–Trinajstić information content (AvgIpc) is 2.36. The molecule has 0 bridgehead atoms. The van der Waals surface area contributed by atoms with Crippen LogP contribution in [0.5, 0.6) is 0 Å². The molecule has 0 heterocycles. The van der Waals surface area contributed by atoms with Gasteiger partial charge < -0.3 is 5.11 Å². The number of hydrogen-bond donors (Lipinski definition) is 1. The highest BCUT2D eigenvalue weighted by atomic mass is 19.1. The van der Waals surface area contributed by atoms with E-state index >= 15 is 0 Å². The van der Waals surface area contributed by atoms with Crippen molar-refractivity contribution in [2.75, 3.05) is 0 Å². The van der Waals surface area contributed by atoms with E-state index in [4.69, 9.17) is 5.11 Å². The van der Waals surface area contributed by atoms with Crippen LogP contribution in [0.2, 0.25) is 0 Å². The molecule has 0 aliphatic heterocycles. The first-order chi connectivity index (χ1) is 8.66. The van der Waals surface area contributed by atoms with Gasteiger partial charge in [-0.3, -0.25) is 0 Å². The Morgan fingerprint density at radius 2 is 1.89 bits per heavy atom. The molecule has 0 aliphatic rings. The summed E-state index contributed by atoms with van der Waals surface area (Å²) in [7, 11) is 0. The lowest BCUT2D eigenvalue weighted by molar-refractivity contribution is -0.131. The van der Waals surface area contributed by atoms with Crippen molar-refractivity contribution in [3.63, 3.8) is 0 Å². The molecule has 0 spiro atoms. The molecular formula is C15H11FO2. The fourth-order valence-corrected chi connectivity index (χ4v) is 1.72. The van der Waals surface area contributed by atoms with Crippen molar-refractivity contribution in [1.29, 1.82) is 0 Å². The topological polar surface area (TPSA) is 37.3 Å². The van der Waals surface area contributed by atoms with E-state index < -0.39 is 5.97 Å². The van der Waals surface area contributed by atoms with Crippen molar-refractivity contribution in [3.05, 3.63) is 66.0 Å². The van der Waals surface area contributed by atoms with Gasteiger partial charge >= 0.3 is 5.97 Å². The highest BCUT2D eigenvalue weighted by molar-refractivity contribution is 5.87. The first-order valence-corrected chi connectivity index (χ1v) is 5.43. The third-order valence-electron chi connectivity index (χ3n) is 2.50. The molecule has 2 nitrogen and oxygen atoms in total. The van der Waals surface area contributed by atoms with Crippen LogP contribution in [0.3, 0.4) is 0 Å². The van der Waals surface area contributed by atoms with Crippen molar-refractivity contribution >= 4 is 12.0 Å². The second-order valence-electron chi connectivity index (χ2n) is 3.77. The normalized spacial score (nSPS) is 10.7. The highest BCUT2D eigenvalue weighted by Crippen LogP contribution is 2.25. The minimum Gasteiger partial charge on any atom is -0.478 e. The molecule has 0 saturated heterocycles. The number of benzene rings is 2. The van der Waals surface area contributed by atoms with Crippen LogP contribution in [0.15, 0.2) is 54.6 Å². The Kier molecular flexibility index (Phi) is 3.53. The predicted octanol–water partition coefficient (Wildman–Crippen LogP) is 3.59. The second-order valence-corrected chi connectivity index (χ2v) is 3.77. The lowest BCUT2D eigenvalue weighted by Crippen LogP contribution is -1.88. The highest BCUT2D eigenvalue weighted by Gasteiger charge is 2.03. The zero-order valence-corrected chi connectivity index (χ0v) is 9.51. The van der Waals surface area contributed by atoms with E-state index in [0.717, 1.165) is 22.8 Å². The van der Waals surface area contributed by atoms with E-state index in [9.17, 15) is 9.18 Å². The van der Waals surface area contributed by atoms with Crippen LogP contribution >= 0.6 is 0 Å². The van der Waals surface area contributed by atoms with Crippen LogP contribution < -0.4 is 0 Å². The summed E-state index contributed by atoms with van der Waals surface area (Å²) in [5.41, 5.74) is 2.26. The van der Waals surface area contributed by atoms with Crippen LogP contribution in [0, 0.1) is 5.82 Å². The Morgan fingerprint density at radius 3 is 2.61 bits per heavy atom. The van der Waals surface area contributed by atoms with Crippen LogP contribution in [0.1, 0.15) is 5.56 Å². The summed E-state index contributed by atoms with van der Waals surface area (Å²) in [6.07, 6.45) is 2.57. The summed E-state index contributed by atoms with van der Waals surface area (Å²) in [6, 6.07) is 13.5. The van der Waals surface area contributed by atoms with E-state index in [0.29, 0.717) is 0 Å². The van der Waals surface area contributed by atoms with Gasteiger partial charge in [0.1, 0.15) is 5.82 Å². The van der Waals surface area contributed by atoms with Gasteiger partial charge in [-0.25, -0.2) is 9.18 Å². The Hall–Kier alpha value is -2.42. The van der Waals surface area contributed by atoms with Crippen molar-refractivity contribution in [2.45, 2.75) is 0 Å². The fraction of sp³-hybridized carbons (Fsp3) is 0. The van der Waals surface area contributed by atoms with Gasteiger partial charge in [0.15, 0.2) is 0 Å². The molecule has 0 atom stereocenters. The van der Waals surface area contributed by atoms with Gasteiger partial charge in [0.2, 0.25) is 0 Å². The Balaban J connectivity index is 2.48. The quantitative estimate of drug-likeness (QED) is 0.835. The van der Waals surface area contributed by atoms with Gasteiger partial charge in [-0.1, -0.05) is 36.4 Å². The van der Waals surface area contributed by atoms with E-state index in [-0.39, 0.29) is 5.82 Å². The molecule has 0 radical (unpaired) electrons. The van der Waals surface area contributed by atoms with E-state index in [1.54, 1.807) is 18.2 Å². The summed E-state index contributed by atoms with van der Waals surface area (Å²) < 4.78 is 13.2. The van der Waals surface area contributed by atoms with Crippen molar-refractivity contribution in [1.82, 2.24) is 0 Å². The first kappa shape index (κ1) is 12.0. The minimum absolute atomic E-state index is 0.315. The minimum atomic E-state index is -1.01.